The summed E-state index contributed by atoms with van der Waals surface area (Å²) in [7, 11) is 0. The van der Waals surface area contributed by atoms with Crippen LogP contribution < -0.4 is 10.6 Å². The van der Waals surface area contributed by atoms with Crippen molar-refractivity contribution in [2.24, 2.45) is 0 Å². The molecule has 2 aliphatic rings. The van der Waals surface area contributed by atoms with E-state index in [1.165, 1.54) is 6.07 Å². The van der Waals surface area contributed by atoms with Gasteiger partial charge in [-0.1, -0.05) is 12.1 Å². The van der Waals surface area contributed by atoms with E-state index in [0.29, 0.717) is 18.3 Å². The van der Waals surface area contributed by atoms with Crippen molar-refractivity contribution in [1.29, 1.82) is 0 Å². The smallest absolute Gasteiger partial charge is 0.367 e. The number of nitrogens with one attached hydrogen (secondary N) is 2. The highest BCUT2D eigenvalue weighted by Crippen LogP contribution is 2.40. The molecule has 2 bridgehead atoms. The predicted molar refractivity (Wildman–Crippen MR) is 87.7 cm³/mol. The summed E-state index contributed by atoms with van der Waals surface area (Å²) in [6.45, 7) is 1.43. The molecular formula is C18H16F3N3O2. The second-order valence-corrected chi connectivity index (χ2v) is 6.55. The van der Waals surface area contributed by atoms with Crippen LogP contribution in [0.15, 0.2) is 42.6 Å². The molecule has 0 saturated carbocycles. The Morgan fingerprint density at radius 3 is 2.62 bits per heavy atom. The first kappa shape index (κ1) is 17.0. The number of hydrogen-bond acceptors (Lipinski definition) is 4. The molecule has 2 aromatic rings. The van der Waals surface area contributed by atoms with E-state index in [-0.39, 0.29) is 11.2 Å². The van der Waals surface area contributed by atoms with Crippen LogP contribution in [0.5, 0.6) is 0 Å². The van der Waals surface area contributed by atoms with E-state index < -0.39 is 17.8 Å². The quantitative estimate of drug-likeness (QED) is 0.880. The third kappa shape index (κ3) is 3.06. The number of morpholine rings is 1. The van der Waals surface area contributed by atoms with Crippen molar-refractivity contribution < 1.29 is 22.7 Å². The van der Waals surface area contributed by atoms with Crippen molar-refractivity contribution in [2.45, 2.75) is 24.2 Å². The zero-order chi connectivity index (χ0) is 18.4. The molecule has 4 rings (SSSR count). The Kier molecular flexibility index (Phi) is 3.96. The fourth-order valence-corrected chi connectivity index (χ4v) is 3.43. The molecule has 1 aromatic carbocycles. The fourth-order valence-electron chi connectivity index (χ4n) is 3.43. The van der Waals surface area contributed by atoms with Crippen molar-refractivity contribution in [3.8, 4) is 0 Å². The van der Waals surface area contributed by atoms with Crippen molar-refractivity contribution in [3.05, 3.63) is 59.4 Å². The summed E-state index contributed by atoms with van der Waals surface area (Å²) in [4.78, 5) is 15.5. The van der Waals surface area contributed by atoms with E-state index in [1.807, 2.05) is 12.1 Å². The largest absolute Gasteiger partial charge is 0.433 e. The van der Waals surface area contributed by atoms with Gasteiger partial charge in [-0.3, -0.25) is 9.78 Å². The first-order chi connectivity index (χ1) is 12.4. The van der Waals surface area contributed by atoms with Crippen molar-refractivity contribution >= 4 is 11.6 Å². The normalized spacial score (nSPS) is 24.7. The Balaban J connectivity index is 1.48. The third-order valence-electron chi connectivity index (χ3n) is 4.79. The van der Waals surface area contributed by atoms with E-state index in [1.54, 1.807) is 12.1 Å². The molecule has 5 nitrogen and oxygen atoms in total. The molecule has 1 aromatic heterocycles. The van der Waals surface area contributed by atoms with Gasteiger partial charge in [0, 0.05) is 30.0 Å². The van der Waals surface area contributed by atoms with Gasteiger partial charge in [0.15, 0.2) is 0 Å². The average molecular weight is 363 g/mol. The van der Waals surface area contributed by atoms with E-state index in [0.717, 1.165) is 30.8 Å². The molecule has 2 N–H and O–H groups in total. The van der Waals surface area contributed by atoms with Crippen molar-refractivity contribution in [2.75, 3.05) is 18.5 Å². The second kappa shape index (κ2) is 6.07. The van der Waals surface area contributed by atoms with Gasteiger partial charge >= 0.3 is 6.18 Å². The first-order valence-corrected chi connectivity index (χ1v) is 8.18. The predicted octanol–water partition coefficient (Wildman–Crippen LogP) is 2.94. The Bertz CT molecular complexity index is 828. The van der Waals surface area contributed by atoms with E-state index in [2.05, 4.69) is 15.6 Å². The molecule has 26 heavy (non-hydrogen) atoms. The van der Waals surface area contributed by atoms with Gasteiger partial charge in [-0.05, 0) is 36.2 Å². The van der Waals surface area contributed by atoms with Crippen LogP contribution in [0.4, 0.5) is 18.9 Å². The van der Waals surface area contributed by atoms with Crippen LogP contribution in [0.1, 0.15) is 28.0 Å². The number of carbonyl (C=O) groups is 1. The minimum Gasteiger partial charge on any atom is -0.367 e. The molecule has 136 valence electrons. The Morgan fingerprint density at radius 1 is 1.27 bits per heavy atom. The van der Waals surface area contributed by atoms with Gasteiger partial charge in [0.1, 0.15) is 11.3 Å². The highest BCUT2D eigenvalue weighted by molar-refractivity contribution is 6.04. The number of fused-ring (bicyclic) bond motifs is 2. The molecule has 1 unspecified atom stereocenters. The number of alkyl halides is 3. The number of halogens is 3. The highest BCUT2D eigenvalue weighted by Gasteiger charge is 2.47. The number of carbonyl (C=O) groups excluding carboxylic acids is 1. The number of nitrogens with zero attached hydrogens (tertiary/aromatic N) is 1. The topological polar surface area (TPSA) is 63.2 Å². The minimum absolute atomic E-state index is 0.100. The van der Waals surface area contributed by atoms with Crippen LogP contribution >= 0.6 is 0 Å². The number of amides is 1. The lowest BCUT2D eigenvalue weighted by Crippen LogP contribution is -2.37. The van der Waals surface area contributed by atoms with E-state index in [9.17, 15) is 18.0 Å². The van der Waals surface area contributed by atoms with E-state index in [4.69, 9.17) is 4.74 Å². The van der Waals surface area contributed by atoms with Crippen LogP contribution in [0.3, 0.4) is 0 Å². The van der Waals surface area contributed by atoms with Gasteiger partial charge in [0.05, 0.1) is 6.61 Å². The van der Waals surface area contributed by atoms with Gasteiger partial charge in [-0.2, -0.15) is 13.2 Å². The molecule has 8 heteroatoms. The molecule has 0 spiro atoms. The molecule has 0 aliphatic carbocycles. The minimum atomic E-state index is -4.59. The van der Waals surface area contributed by atoms with Gasteiger partial charge in [0.25, 0.3) is 5.91 Å². The summed E-state index contributed by atoms with van der Waals surface area (Å²) >= 11 is 0. The van der Waals surface area contributed by atoms with Gasteiger partial charge in [-0.15, -0.1) is 0 Å². The Hall–Kier alpha value is -2.45. The molecule has 0 radical (unpaired) electrons. The number of benzene rings is 1. The monoisotopic (exact) mass is 363 g/mol. The summed E-state index contributed by atoms with van der Waals surface area (Å²) < 4.78 is 44.0. The van der Waals surface area contributed by atoms with Crippen molar-refractivity contribution in [1.82, 2.24) is 10.3 Å². The number of pyridine rings is 1. The van der Waals surface area contributed by atoms with Crippen LogP contribution in [0, 0.1) is 0 Å². The lowest BCUT2D eigenvalue weighted by molar-refractivity contribution is -0.141. The number of rotatable bonds is 3. The molecule has 2 fully saturated rings. The Morgan fingerprint density at radius 2 is 2.04 bits per heavy atom. The van der Waals surface area contributed by atoms with Crippen molar-refractivity contribution in [3.63, 3.8) is 0 Å². The standard InChI is InChI=1S/C18H16F3N3O2/c19-18(20,21)15-7-11(5-6-22-15)16(25)24-13-3-1-12(2-4-13)17-8-14(9-26-17)23-10-17/h1-7,14,23H,8-10H2,(H,24,25)/t14?,17-/m1/s1. The summed E-state index contributed by atoms with van der Waals surface area (Å²) in [5, 5.41) is 5.99. The van der Waals surface area contributed by atoms with Gasteiger partial charge in [-0.25, -0.2) is 0 Å². The molecule has 3 heterocycles. The van der Waals surface area contributed by atoms with Crippen LogP contribution in [0.2, 0.25) is 0 Å². The van der Waals surface area contributed by atoms with Gasteiger partial charge < -0.3 is 15.4 Å². The number of anilines is 1. The molecule has 2 aliphatic heterocycles. The summed E-state index contributed by atoms with van der Waals surface area (Å²) in [6.07, 6.45) is -2.71. The van der Waals surface area contributed by atoms with Crippen LogP contribution in [-0.2, 0) is 16.5 Å². The second-order valence-electron chi connectivity index (χ2n) is 6.55. The maximum Gasteiger partial charge on any atom is 0.433 e. The van der Waals surface area contributed by atoms with Crippen LogP contribution in [0.25, 0.3) is 0 Å². The number of hydrogen-bond donors (Lipinski definition) is 2. The first-order valence-electron chi connectivity index (χ1n) is 8.18. The fraction of sp³-hybridized carbons (Fsp3) is 0.333. The molecule has 2 atom stereocenters. The van der Waals surface area contributed by atoms with Crippen LogP contribution in [-0.4, -0.2) is 30.1 Å². The van der Waals surface area contributed by atoms with Gasteiger partial charge in [0.2, 0.25) is 0 Å². The lowest BCUT2D eigenvalue weighted by Gasteiger charge is -2.27. The SMILES string of the molecule is O=C(Nc1ccc([C@@]23CNC(CO2)C3)cc1)c1ccnc(C(F)(F)F)c1. The number of ether oxygens (including phenoxy) is 1. The molecule has 1 amide bonds. The average Bonchev–Trinajstić information content (AvgIpc) is 3.24. The lowest BCUT2D eigenvalue weighted by atomic mass is 9.93. The molecular weight excluding hydrogens is 347 g/mol. The number of aromatic nitrogens is 1. The van der Waals surface area contributed by atoms with E-state index >= 15 is 0 Å². The summed E-state index contributed by atoms with van der Waals surface area (Å²) in [6, 6.07) is 9.56. The summed E-state index contributed by atoms with van der Waals surface area (Å²) in [5.74, 6) is -0.622. The highest BCUT2D eigenvalue weighted by atomic mass is 19.4. The Labute approximate surface area is 147 Å². The zero-order valence-electron chi connectivity index (χ0n) is 13.6. The molecule has 2 saturated heterocycles. The maximum absolute atomic E-state index is 12.7. The third-order valence-corrected chi connectivity index (χ3v) is 4.79. The maximum atomic E-state index is 12.7. The zero-order valence-corrected chi connectivity index (χ0v) is 13.6. The summed E-state index contributed by atoms with van der Waals surface area (Å²) in [5.41, 5.74) is 0.00502.